The van der Waals surface area contributed by atoms with Crippen LogP contribution in [0.2, 0.25) is 0 Å². The van der Waals surface area contributed by atoms with Crippen LogP contribution in [0.5, 0.6) is 5.75 Å². The number of hydrogen-bond acceptors (Lipinski definition) is 3. The van der Waals surface area contributed by atoms with Crippen LogP contribution in [0.1, 0.15) is 90.2 Å². The van der Waals surface area contributed by atoms with Crippen molar-refractivity contribution in [2.24, 2.45) is 0 Å². The van der Waals surface area contributed by atoms with Gasteiger partial charge in [-0.3, -0.25) is 4.79 Å². The SMILES string of the molecule is CCCCCCCCCOC(=O)Cc1ccc(O)c(C(C)(C)CC)c1. The second-order valence-corrected chi connectivity index (χ2v) is 7.61. The molecule has 0 saturated carbocycles. The number of carbonyl (C=O) groups is 1. The fourth-order valence-corrected chi connectivity index (χ4v) is 2.89. The second-order valence-electron chi connectivity index (χ2n) is 7.61. The Balaban J connectivity index is 2.36. The average Bonchev–Trinajstić information content (AvgIpc) is 2.58. The summed E-state index contributed by atoms with van der Waals surface area (Å²) in [7, 11) is 0. The normalized spacial score (nSPS) is 11.5. The molecule has 0 unspecified atom stereocenters. The van der Waals surface area contributed by atoms with Crippen LogP contribution < -0.4 is 0 Å². The van der Waals surface area contributed by atoms with Crippen LogP contribution in [-0.2, 0) is 21.4 Å². The van der Waals surface area contributed by atoms with E-state index in [9.17, 15) is 9.90 Å². The van der Waals surface area contributed by atoms with E-state index >= 15 is 0 Å². The van der Waals surface area contributed by atoms with E-state index < -0.39 is 0 Å². The molecule has 0 radical (unpaired) electrons. The van der Waals surface area contributed by atoms with Gasteiger partial charge in [0.25, 0.3) is 0 Å². The van der Waals surface area contributed by atoms with Crippen LogP contribution in [0, 0.1) is 0 Å². The maximum Gasteiger partial charge on any atom is 0.310 e. The van der Waals surface area contributed by atoms with Crippen molar-refractivity contribution in [2.45, 2.75) is 90.9 Å². The van der Waals surface area contributed by atoms with E-state index in [0.29, 0.717) is 12.4 Å². The van der Waals surface area contributed by atoms with Crippen molar-refractivity contribution in [3.8, 4) is 5.75 Å². The third-order valence-corrected chi connectivity index (χ3v) is 5.03. The molecule has 25 heavy (non-hydrogen) atoms. The van der Waals surface area contributed by atoms with Gasteiger partial charge in [0.1, 0.15) is 5.75 Å². The molecule has 0 fully saturated rings. The highest BCUT2D eigenvalue weighted by molar-refractivity contribution is 5.72. The number of aromatic hydroxyl groups is 1. The van der Waals surface area contributed by atoms with E-state index in [2.05, 4.69) is 27.7 Å². The fraction of sp³-hybridized carbons (Fsp3) is 0.682. The minimum absolute atomic E-state index is 0.109. The highest BCUT2D eigenvalue weighted by Crippen LogP contribution is 2.34. The molecule has 3 heteroatoms. The minimum atomic E-state index is -0.183. The molecule has 3 nitrogen and oxygen atoms in total. The smallest absolute Gasteiger partial charge is 0.310 e. The molecule has 1 aromatic carbocycles. The fourth-order valence-electron chi connectivity index (χ4n) is 2.89. The zero-order chi connectivity index (χ0) is 18.7. The highest BCUT2D eigenvalue weighted by Gasteiger charge is 2.22. The minimum Gasteiger partial charge on any atom is -0.508 e. The standard InChI is InChI=1S/C22H36O3/c1-5-7-8-9-10-11-12-15-25-21(24)17-18-13-14-20(23)19(16-18)22(3,4)6-2/h13-14,16,23H,5-12,15,17H2,1-4H3. The van der Waals surface area contributed by atoms with E-state index in [0.717, 1.165) is 30.4 Å². The molecule has 0 aromatic heterocycles. The lowest BCUT2D eigenvalue weighted by molar-refractivity contribution is -0.142. The Hall–Kier alpha value is -1.51. The Morgan fingerprint density at radius 3 is 2.32 bits per heavy atom. The van der Waals surface area contributed by atoms with Gasteiger partial charge >= 0.3 is 5.97 Å². The predicted octanol–water partition coefficient (Wildman–Crippen LogP) is 5.92. The summed E-state index contributed by atoms with van der Waals surface area (Å²) in [4.78, 5) is 12.0. The van der Waals surface area contributed by atoms with Crippen LogP contribution in [0.25, 0.3) is 0 Å². The molecule has 0 amide bonds. The Morgan fingerprint density at radius 1 is 1.04 bits per heavy atom. The summed E-state index contributed by atoms with van der Waals surface area (Å²) in [5.74, 6) is 0.115. The number of rotatable bonds is 12. The summed E-state index contributed by atoms with van der Waals surface area (Å²) >= 11 is 0. The monoisotopic (exact) mass is 348 g/mol. The number of esters is 1. The van der Waals surface area contributed by atoms with E-state index in [1.807, 2.05) is 6.07 Å². The summed E-state index contributed by atoms with van der Waals surface area (Å²) in [6, 6.07) is 5.43. The van der Waals surface area contributed by atoms with Gasteiger partial charge in [-0.05, 0) is 35.4 Å². The molecular weight excluding hydrogens is 312 g/mol. The zero-order valence-electron chi connectivity index (χ0n) is 16.6. The molecular formula is C22H36O3. The molecule has 0 atom stereocenters. The zero-order valence-corrected chi connectivity index (χ0v) is 16.6. The highest BCUT2D eigenvalue weighted by atomic mass is 16.5. The van der Waals surface area contributed by atoms with Crippen molar-refractivity contribution in [2.75, 3.05) is 6.61 Å². The second kappa shape index (κ2) is 11.2. The third-order valence-electron chi connectivity index (χ3n) is 5.03. The molecule has 0 aliphatic carbocycles. The van der Waals surface area contributed by atoms with Gasteiger partial charge in [0.2, 0.25) is 0 Å². The molecule has 0 bridgehead atoms. The molecule has 0 aliphatic rings. The lowest BCUT2D eigenvalue weighted by atomic mass is 9.81. The molecule has 142 valence electrons. The van der Waals surface area contributed by atoms with E-state index in [-0.39, 0.29) is 17.8 Å². The van der Waals surface area contributed by atoms with Gasteiger partial charge in [-0.2, -0.15) is 0 Å². The molecule has 0 heterocycles. The quantitative estimate of drug-likeness (QED) is 0.377. The van der Waals surface area contributed by atoms with Gasteiger partial charge in [0, 0.05) is 0 Å². The third kappa shape index (κ3) is 7.94. The van der Waals surface area contributed by atoms with Crippen LogP contribution in [0.3, 0.4) is 0 Å². The predicted molar refractivity (Wildman–Crippen MR) is 104 cm³/mol. The van der Waals surface area contributed by atoms with Crippen molar-refractivity contribution in [1.29, 1.82) is 0 Å². The number of hydrogen-bond donors (Lipinski definition) is 1. The van der Waals surface area contributed by atoms with Crippen LogP contribution in [0.15, 0.2) is 18.2 Å². The van der Waals surface area contributed by atoms with Crippen molar-refractivity contribution in [3.05, 3.63) is 29.3 Å². The maximum atomic E-state index is 12.0. The summed E-state index contributed by atoms with van der Waals surface area (Å²) in [5.41, 5.74) is 1.69. The topological polar surface area (TPSA) is 46.5 Å². The van der Waals surface area contributed by atoms with Gasteiger partial charge in [-0.15, -0.1) is 0 Å². The molecule has 1 aromatic rings. The first-order valence-electron chi connectivity index (χ1n) is 9.88. The van der Waals surface area contributed by atoms with Crippen molar-refractivity contribution < 1.29 is 14.6 Å². The summed E-state index contributed by atoms with van der Waals surface area (Å²) < 4.78 is 5.35. The summed E-state index contributed by atoms with van der Waals surface area (Å²) in [5, 5.41) is 10.1. The van der Waals surface area contributed by atoms with Gasteiger partial charge in [0.15, 0.2) is 0 Å². The first-order valence-corrected chi connectivity index (χ1v) is 9.88. The van der Waals surface area contributed by atoms with E-state index in [1.54, 1.807) is 12.1 Å². The lowest BCUT2D eigenvalue weighted by Crippen LogP contribution is -2.16. The lowest BCUT2D eigenvalue weighted by Gasteiger charge is -2.25. The van der Waals surface area contributed by atoms with Crippen LogP contribution in [0.4, 0.5) is 0 Å². The number of unbranched alkanes of at least 4 members (excludes halogenated alkanes) is 6. The number of phenols is 1. The van der Waals surface area contributed by atoms with E-state index in [4.69, 9.17) is 4.74 Å². The Labute approximate surface area is 153 Å². The molecule has 0 saturated heterocycles. The molecule has 0 aliphatic heterocycles. The maximum absolute atomic E-state index is 12.0. The van der Waals surface area contributed by atoms with Crippen molar-refractivity contribution >= 4 is 5.97 Å². The summed E-state index contributed by atoms with van der Waals surface area (Å²) in [6.07, 6.45) is 9.68. The Kier molecular flexibility index (Phi) is 9.62. The van der Waals surface area contributed by atoms with Gasteiger partial charge in [-0.25, -0.2) is 0 Å². The summed E-state index contributed by atoms with van der Waals surface area (Å²) in [6.45, 7) is 9.04. The first kappa shape index (κ1) is 21.5. The van der Waals surface area contributed by atoms with Gasteiger partial charge in [-0.1, -0.05) is 78.4 Å². The van der Waals surface area contributed by atoms with E-state index in [1.165, 1.54) is 32.1 Å². The van der Waals surface area contributed by atoms with Gasteiger partial charge in [0.05, 0.1) is 13.0 Å². The van der Waals surface area contributed by atoms with Crippen molar-refractivity contribution in [1.82, 2.24) is 0 Å². The Morgan fingerprint density at radius 2 is 1.68 bits per heavy atom. The number of carbonyl (C=O) groups excluding carboxylic acids is 1. The van der Waals surface area contributed by atoms with Crippen LogP contribution >= 0.6 is 0 Å². The van der Waals surface area contributed by atoms with Crippen LogP contribution in [-0.4, -0.2) is 17.7 Å². The molecule has 0 spiro atoms. The number of ether oxygens (including phenoxy) is 1. The Bertz CT molecular complexity index is 520. The molecule has 1 rings (SSSR count). The average molecular weight is 349 g/mol. The largest absolute Gasteiger partial charge is 0.508 e. The first-order chi connectivity index (χ1) is 11.9. The number of phenolic OH excluding ortho intramolecular Hbond substituents is 1. The molecule has 1 N–H and O–H groups in total. The number of benzene rings is 1. The van der Waals surface area contributed by atoms with Crippen molar-refractivity contribution in [3.63, 3.8) is 0 Å². The van der Waals surface area contributed by atoms with Gasteiger partial charge < -0.3 is 9.84 Å².